The van der Waals surface area contributed by atoms with Crippen LogP contribution in [0.5, 0.6) is 0 Å². The molecule has 0 bridgehead atoms. The minimum Gasteiger partial charge on any atom is -0.385 e. The highest BCUT2D eigenvalue weighted by Crippen LogP contribution is 2.12. The van der Waals surface area contributed by atoms with Crippen molar-refractivity contribution >= 4 is 11.9 Å². The standard InChI is InChI=1S/C13H21N7O/c1-4-14-11-16-12(19(2)8-6-10-21-3)18-13(17-11)20-9-5-7-15-20/h5,7,9H,4,6,8,10H2,1-3H3,(H,14,16,17,18). The molecule has 0 saturated carbocycles. The highest BCUT2D eigenvalue weighted by atomic mass is 16.5. The lowest BCUT2D eigenvalue weighted by atomic mass is 10.4. The zero-order valence-electron chi connectivity index (χ0n) is 12.7. The van der Waals surface area contributed by atoms with Crippen molar-refractivity contribution in [1.29, 1.82) is 0 Å². The van der Waals surface area contributed by atoms with E-state index in [1.807, 2.05) is 24.9 Å². The average Bonchev–Trinajstić information content (AvgIpc) is 3.02. The summed E-state index contributed by atoms with van der Waals surface area (Å²) >= 11 is 0. The van der Waals surface area contributed by atoms with Gasteiger partial charge in [0.1, 0.15) is 0 Å². The van der Waals surface area contributed by atoms with E-state index in [9.17, 15) is 0 Å². The van der Waals surface area contributed by atoms with E-state index in [1.54, 1.807) is 24.2 Å². The van der Waals surface area contributed by atoms with Crippen molar-refractivity contribution < 1.29 is 4.74 Å². The molecule has 21 heavy (non-hydrogen) atoms. The molecule has 0 aliphatic rings. The second-order valence-corrected chi connectivity index (χ2v) is 4.51. The number of anilines is 2. The quantitative estimate of drug-likeness (QED) is 0.725. The Morgan fingerprint density at radius 3 is 2.86 bits per heavy atom. The zero-order valence-corrected chi connectivity index (χ0v) is 12.7. The van der Waals surface area contributed by atoms with Crippen molar-refractivity contribution in [3.8, 4) is 5.95 Å². The van der Waals surface area contributed by atoms with Crippen LogP contribution >= 0.6 is 0 Å². The fraction of sp³-hybridized carbons (Fsp3) is 0.538. The molecule has 0 amide bonds. The van der Waals surface area contributed by atoms with Gasteiger partial charge in [-0.2, -0.15) is 20.1 Å². The van der Waals surface area contributed by atoms with Gasteiger partial charge in [0.2, 0.25) is 11.9 Å². The van der Waals surface area contributed by atoms with Gasteiger partial charge in [0.15, 0.2) is 0 Å². The lowest BCUT2D eigenvalue weighted by Gasteiger charge is -2.18. The van der Waals surface area contributed by atoms with E-state index < -0.39 is 0 Å². The number of aromatic nitrogens is 5. The van der Waals surface area contributed by atoms with Crippen LogP contribution in [-0.2, 0) is 4.74 Å². The molecule has 114 valence electrons. The average molecular weight is 291 g/mol. The summed E-state index contributed by atoms with van der Waals surface area (Å²) in [6.45, 7) is 4.26. The molecule has 0 aliphatic carbocycles. The van der Waals surface area contributed by atoms with Crippen molar-refractivity contribution in [3.05, 3.63) is 18.5 Å². The molecule has 0 aromatic carbocycles. The number of rotatable bonds is 8. The molecule has 8 nitrogen and oxygen atoms in total. The Morgan fingerprint density at radius 1 is 1.33 bits per heavy atom. The van der Waals surface area contributed by atoms with Crippen LogP contribution < -0.4 is 10.2 Å². The van der Waals surface area contributed by atoms with Gasteiger partial charge in [-0.15, -0.1) is 0 Å². The molecule has 2 aromatic rings. The fourth-order valence-electron chi connectivity index (χ4n) is 1.80. The Balaban J connectivity index is 2.23. The highest BCUT2D eigenvalue weighted by Gasteiger charge is 2.11. The second-order valence-electron chi connectivity index (χ2n) is 4.51. The Bertz CT molecular complexity index is 543. The summed E-state index contributed by atoms with van der Waals surface area (Å²) in [5, 5.41) is 7.28. The highest BCUT2D eigenvalue weighted by molar-refractivity contribution is 5.39. The molecule has 8 heteroatoms. The van der Waals surface area contributed by atoms with E-state index in [1.165, 1.54) is 0 Å². The summed E-state index contributed by atoms with van der Waals surface area (Å²) in [6.07, 6.45) is 4.41. The summed E-state index contributed by atoms with van der Waals surface area (Å²) in [5.41, 5.74) is 0. The van der Waals surface area contributed by atoms with Gasteiger partial charge in [-0.3, -0.25) is 0 Å². The molecule has 1 N–H and O–H groups in total. The van der Waals surface area contributed by atoms with Crippen molar-refractivity contribution in [3.63, 3.8) is 0 Å². The Kier molecular flexibility index (Phi) is 5.44. The maximum Gasteiger partial charge on any atom is 0.257 e. The van der Waals surface area contributed by atoms with Crippen LogP contribution in [0.3, 0.4) is 0 Å². The number of nitrogens with zero attached hydrogens (tertiary/aromatic N) is 6. The van der Waals surface area contributed by atoms with Gasteiger partial charge in [-0.25, -0.2) is 4.68 Å². The molecule has 0 radical (unpaired) electrons. The zero-order chi connectivity index (χ0) is 15.1. The normalized spacial score (nSPS) is 10.6. The monoisotopic (exact) mass is 291 g/mol. The van der Waals surface area contributed by atoms with Crippen molar-refractivity contribution in [1.82, 2.24) is 24.7 Å². The summed E-state index contributed by atoms with van der Waals surface area (Å²) < 4.78 is 6.69. The predicted molar refractivity (Wildman–Crippen MR) is 80.9 cm³/mol. The molecule has 0 aliphatic heterocycles. The maximum atomic E-state index is 5.07. The number of nitrogens with one attached hydrogen (secondary N) is 1. The number of hydrogen-bond acceptors (Lipinski definition) is 7. The van der Waals surface area contributed by atoms with Crippen LogP contribution in [0.1, 0.15) is 13.3 Å². The minimum absolute atomic E-state index is 0.500. The Labute approximate surface area is 124 Å². The van der Waals surface area contributed by atoms with Gasteiger partial charge in [0.05, 0.1) is 0 Å². The second kappa shape index (κ2) is 7.53. The molecular weight excluding hydrogens is 270 g/mol. The van der Waals surface area contributed by atoms with Crippen LogP contribution in [0.2, 0.25) is 0 Å². The van der Waals surface area contributed by atoms with Gasteiger partial charge in [-0.1, -0.05) is 0 Å². The lowest BCUT2D eigenvalue weighted by Crippen LogP contribution is -2.24. The molecule has 0 spiro atoms. The van der Waals surface area contributed by atoms with E-state index in [2.05, 4.69) is 25.4 Å². The van der Waals surface area contributed by atoms with Gasteiger partial charge in [-0.05, 0) is 19.4 Å². The molecule has 2 rings (SSSR count). The lowest BCUT2D eigenvalue weighted by molar-refractivity contribution is 0.196. The summed E-state index contributed by atoms with van der Waals surface area (Å²) in [4.78, 5) is 15.2. The molecule has 0 atom stereocenters. The summed E-state index contributed by atoms with van der Waals surface area (Å²) in [6, 6.07) is 1.83. The summed E-state index contributed by atoms with van der Waals surface area (Å²) in [5.74, 6) is 1.66. The van der Waals surface area contributed by atoms with E-state index >= 15 is 0 Å². The largest absolute Gasteiger partial charge is 0.385 e. The minimum atomic E-state index is 0.500. The Hall–Kier alpha value is -2.22. The smallest absolute Gasteiger partial charge is 0.257 e. The third kappa shape index (κ3) is 4.12. The first-order chi connectivity index (χ1) is 10.2. The van der Waals surface area contributed by atoms with Crippen molar-refractivity contribution in [2.24, 2.45) is 0 Å². The van der Waals surface area contributed by atoms with E-state index in [0.717, 1.165) is 19.5 Å². The first kappa shape index (κ1) is 15.2. The van der Waals surface area contributed by atoms with E-state index in [0.29, 0.717) is 24.5 Å². The number of ether oxygens (including phenoxy) is 1. The maximum absolute atomic E-state index is 5.07. The number of hydrogen-bond donors (Lipinski definition) is 1. The molecule has 0 unspecified atom stereocenters. The van der Waals surface area contributed by atoms with Gasteiger partial charge in [0, 0.05) is 46.2 Å². The first-order valence-electron chi connectivity index (χ1n) is 6.94. The van der Waals surface area contributed by atoms with Crippen LogP contribution in [0, 0.1) is 0 Å². The Morgan fingerprint density at radius 2 is 2.19 bits per heavy atom. The third-order valence-electron chi connectivity index (χ3n) is 2.84. The van der Waals surface area contributed by atoms with Crippen LogP contribution in [0.4, 0.5) is 11.9 Å². The van der Waals surface area contributed by atoms with Crippen molar-refractivity contribution in [2.75, 3.05) is 44.1 Å². The van der Waals surface area contributed by atoms with E-state index in [4.69, 9.17) is 4.74 Å². The van der Waals surface area contributed by atoms with Gasteiger partial charge in [0.25, 0.3) is 5.95 Å². The number of methoxy groups -OCH3 is 1. The fourth-order valence-corrected chi connectivity index (χ4v) is 1.80. The summed E-state index contributed by atoms with van der Waals surface area (Å²) in [7, 11) is 3.65. The molecule has 2 aromatic heterocycles. The molecular formula is C13H21N7O. The first-order valence-corrected chi connectivity index (χ1v) is 6.94. The van der Waals surface area contributed by atoms with Crippen LogP contribution in [-0.4, -0.2) is 58.6 Å². The molecule has 2 heterocycles. The molecule has 0 saturated heterocycles. The van der Waals surface area contributed by atoms with Crippen LogP contribution in [0.25, 0.3) is 5.95 Å². The van der Waals surface area contributed by atoms with Gasteiger partial charge >= 0.3 is 0 Å². The van der Waals surface area contributed by atoms with E-state index in [-0.39, 0.29) is 0 Å². The predicted octanol–water partition coefficient (Wildman–Crippen LogP) is 0.962. The van der Waals surface area contributed by atoms with Crippen molar-refractivity contribution in [2.45, 2.75) is 13.3 Å². The third-order valence-corrected chi connectivity index (χ3v) is 2.84. The SMILES string of the molecule is CCNc1nc(N(C)CCCOC)nc(-n2cccn2)n1. The molecule has 0 fully saturated rings. The topological polar surface area (TPSA) is 81.0 Å². The van der Waals surface area contributed by atoms with Crippen LogP contribution in [0.15, 0.2) is 18.5 Å². The van der Waals surface area contributed by atoms with Gasteiger partial charge < -0.3 is 15.0 Å².